The minimum absolute atomic E-state index is 0.230. The van der Waals surface area contributed by atoms with E-state index in [0.29, 0.717) is 26.2 Å². The molecule has 0 unspecified atom stereocenters. The molecular formula is C13H15Br2NO3. The maximum absolute atomic E-state index is 10.8. The molecule has 0 amide bonds. The maximum atomic E-state index is 10.8. The lowest BCUT2D eigenvalue weighted by Gasteiger charge is -2.37. The molecule has 1 aromatic carbocycles. The van der Waals surface area contributed by atoms with Gasteiger partial charge in [0.25, 0.3) is 0 Å². The van der Waals surface area contributed by atoms with Crippen LogP contribution in [0.2, 0.25) is 0 Å². The number of carbonyl (C=O) groups is 1. The van der Waals surface area contributed by atoms with Gasteiger partial charge in [-0.2, -0.15) is 0 Å². The van der Waals surface area contributed by atoms with Crippen LogP contribution in [-0.2, 0) is 11.3 Å². The number of hydrogen-bond acceptors (Lipinski definition) is 3. The smallest absolute Gasteiger partial charge is 0.309 e. The summed E-state index contributed by atoms with van der Waals surface area (Å²) in [5.74, 6) is -0.104. The molecule has 0 atom stereocenters. The Hall–Kier alpha value is -0.590. The van der Waals surface area contributed by atoms with E-state index >= 15 is 0 Å². The highest BCUT2D eigenvalue weighted by Gasteiger charge is 2.32. The minimum atomic E-state index is -0.711. The zero-order chi connectivity index (χ0) is 14.0. The molecule has 1 N–H and O–H groups in total. The van der Waals surface area contributed by atoms with Crippen molar-refractivity contribution < 1.29 is 14.6 Å². The van der Waals surface area contributed by atoms with E-state index in [0.717, 1.165) is 20.3 Å². The number of halogens is 2. The van der Waals surface area contributed by atoms with Gasteiger partial charge in [0.2, 0.25) is 0 Å². The molecule has 1 aliphatic rings. The molecule has 1 fully saturated rings. The first-order chi connectivity index (χ1) is 9.01. The first kappa shape index (κ1) is 14.8. The van der Waals surface area contributed by atoms with Gasteiger partial charge in [-0.15, -0.1) is 0 Å². The van der Waals surface area contributed by atoms with E-state index in [1.807, 2.05) is 19.1 Å². The summed E-state index contributed by atoms with van der Waals surface area (Å²) in [5, 5.41) is 8.88. The number of hydrogen-bond donors (Lipinski definition) is 1. The molecule has 1 heterocycles. The standard InChI is InChI=1S/C13H15Br2NO3/c1-2-19-12-8(3-10(14)4-11(12)15)5-16-6-9(7-16)13(17)18/h3-4,9H,2,5-7H2,1H3,(H,17,18). The Morgan fingerprint density at radius 2 is 2.16 bits per heavy atom. The van der Waals surface area contributed by atoms with Crippen LogP contribution < -0.4 is 4.74 Å². The fourth-order valence-corrected chi connectivity index (χ4v) is 3.56. The summed E-state index contributed by atoms with van der Waals surface area (Å²) in [6.45, 7) is 4.46. The number of ether oxygens (including phenoxy) is 1. The van der Waals surface area contributed by atoms with Crippen LogP contribution in [0.3, 0.4) is 0 Å². The molecule has 1 aromatic rings. The van der Waals surface area contributed by atoms with Crippen LogP contribution in [0.25, 0.3) is 0 Å². The Morgan fingerprint density at radius 3 is 2.74 bits per heavy atom. The van der Waals surface area contributed by atoms with Gasteiger partial charge < -0.3 is 9.84 Å². The van der Waals surface area contributed by atoms with Crippen molar-refractivity contribution in [2.75, 3.05) is 19.7 Å². The average Bonchev–Trinajstić information content (AvgIpc) is 2.26. The second kappa shape index (κ2) is 6.24. The highest BCUT2D eigenvalue weighted by atomic mass is 79.9. The monoisotopic (exact) mass is 391 g/mol. The van der Waals surface area contributed by atoms with E-state index in [1.54, 1.807) is 0 Å². The molecule has 1 saturated heterocycles. The van der Waals surface area contributed by atoms with Crippen LogP contribution in [0, 0.1) is 5.92 Å². The van der Waals surface area contributed by atoms with Gasteiger partial charge in [0, 0.05) is 29.7 Å². The summed E-state index contributed by atoms with van der Waals surface area (Å²) in [4.78, 5) is 12.9. The fraction of sp³-hybridized carbons (Fsp3) is 0.462. The number of benzene rings is 1. The summed E-state index contributed by atoms with van der Waals surface area (Å²) in [5.41, 5.74) is 1.06. The molecule has 19 heavy (non-hydrogen) atoms. The van der Waals surface area contributed by atoms with Crippen LogP contribution in [0.5, 0.6) is 5.75 Å². The van der Waals surface area contributed by atoms with Gasteiger partial charge in [-0.3, -0.25) is 9.69 Å². The SMILES string of the molecule is CCOc1c(Br)cc(Br)cc1CN1CC(C(=O)O)C1. The Balaban J connectivity index is 2.09. The van der Waals surface area contributed by atoms with Crippen LogP contribution in [0.4, 0.5) is 0 Å². The van der Waals surface area contributed by atoms with Crippen molar-refractivity contribution >= 4 is 37.8 Å². The fourth-order valence-electron chi connectivity index (χ4n) is 2.13. The van der Waals surface area contributed by atoms with Crippen molar-refractivity contribution in [3.05, 3.63) is 26.6 Å². The summed E-state index contributed by atoms with van der Waals surface area (Å²) >= 11 is 6.96. The third-order valence-electron chi connectivity index (χ3n) is 3.07. The quantitative estimate of drug-likeness (QED) is 0.836. The Labute approximate surface area is 129 Å². The Morgan fingerprint density at radius 1 is 1.47 bits per heavy atom. The van der Waals surface area contributed by atoms with E-state index < -0.39 is 5.97 Å². The molecule has 6 heteroatoms. The van der Waals surface area contributed by atoms with Crippen molar-refractivity contribution in [1.29, 1.82) is 0 Å². The molecule has 0 aliphatic carbocycles. The second-order valence-corrected chi connectivity index (χ2v) is 6.31. The Bertz CT molecular complexity index is 487. The van der Waals surface area contributed by atoms with Crippen molar-refractivity contribution in [2.24, 2.45) is 5.92 Å². The highest BCUT2D eigenvalue weighted by Crippen LogP contribution is 2.34. The van der Waals surface area contributed by atoms with Gasteiger partial charge in [-0.1, -0.05) is 15.9 Å². The molecular weight excluding hydrogens is 378 g/mol. The molecule has 1 aliphatic heterocycles. The van der Waals surface area contributed by atoms with Crippen molar-refractivity contribution in [1.82, 2.24) is 4.90 Å². The van der Waals surface area contributed by atoms with Crippen LogP contribution in [0.15, 0.2) is 21.1 Å². The molecule has 104 valence electrons. The van der Waals surface area contributed by atoms with Gasteiger partial charge in [0.15, 0.2) is 0 Å². The van der Waals surface area contributed by atoms with Gasteiger partial charge in [-0.25, -0.2) is 0 Å². The van der Waals surface area contributed by atoms with E-state index in [9.17, 15) is 4.79 Å². The van der Waals surface area contributed by atoms with E-state index in [4.69, 9.17) is 9.84 Å². The Kier molecular flexibility index (Phi) is 4.86. The van der Waals surface area contributed by atoms with Crippen molar-refractivity contribution in [3.8, 4) is 5.75 Å². The first-order valence-corrected chi connectivity index (χ1v) is 7.65. The highest BCUT2D eigenvalue weighted by molar-refractivity contribution is 9.11. The lowest BCUT2D eigenvalue weighted by Crippen LogP contribution is -2.49. The maximum Gasteiger partial charge on any atom is 0.309 e. The summed E-state index contributed by atoms with van der Waals surface area (Å²) in [6.07, 6.45) is 0. The predicted octanol–water partition coefficient (Wildman–Crippen LogP) is 3.13. The number of carboxylic acids is 1. The molecule has 0 spiro atoms. The first-order valence-electron chi connectivity index (χ1n) is 6.07. The third-order valence-corrected chi connectivity index (χ3v) is 4.12. The molecule has 0 bridgehead atoms. The number of likely N-dealkylation sites (tertiary alicyclic amines) is 1. The zero-order valence-electron chi connectivity index (χ0n) is 10.5. The van der Waals surface area contributed by atoms with E-state index in [1.165, 1.54) is 0 Å². The van der Waals surface area contributed by atoms with Crippen LogP contribution in [0.1, 0.15) is 12.5 Å². The molecule has 0 radical (unpaired) electrons. The summed E-state index contributed by atoms with van der Waals surface area (Å²) < 4.78 is 7.55. The minimum Gasteiger partial charge on any atom is -0.492 e. The number of rotatable bonds is 5. The normalized spacial score (nSPS) is 16.2. The molecule has 2 rings (SSSR count). The van der Waals surface area contributed by atoms with E-state index in [-0.39, 0.29) is 5.92 Å². The van der Waals surface area contributed by atoms with Gasteiger partial charge in [0.05, 0.1) is 17.0 Å². The van der Waals surface area contributed by atoms with Gasteiger partial charge in [0.1, 0.15) is 5.75 Å². The number of nitrogens with zero attached hydrogens (tertiary/aromatic N) is 1. The van der Waals surface area contributed by atoms with Crippen LogP contribution in [-0.4, -0.2) is 35.7 Å². The predicted molar refractivity (Wildman–Crippen MR) is 79.4 cm³/mol. The topological polar surface area (TPSA) is 49.8 Å². The molecule has 0 saturated carbocycles. The summed E-state index contributed by atoms with van der Waals surface area (Å²) in [6, 6.07) is 3.97. The lowest BCUT2D eigenvalue weighted by molar-refractivity contribution is -0.147. The number of carboxylic acid groups (broad SMARTS) is 1. The molecule has 0 aromatic heterocycles. The lowest BCUT2D eigenvalue weighted by atomic mass is 9.99. The number of aliphatic carboxylic acids is 1. The summed E-state index contributed by atoms with van der Waals surface area (Å²) in [7, 11) is 0. The van der Waals surface area contributed by atoms with Gasteiger partial charge in [-0.05, 0) is 35.0 Å². The average molecular weight is 393 g/mol. The van der Waals surface area contributed by atoms with Crippen LogP contribution >= 0.6 is 31.9 Å². The third kappa shape index (κ3) is 3.49. The second-order valence-electron chi connectivity index (χ2n) is 4.54. The van der Waals surface area contributed by atoms with Crippen molar-refractivity contribution in [3.63, 3.8) is 0 Å². The van der Waals surface area contributed by atoms with Crippen molar-refractivity contribution in [2.45, 2.75) is 13.5 Å². The molecule has 4 nitrogen and oxygen atoms in total. The van der Waals surface area contributed by atoms with E-state index in [2.05, 4.69) is 36.8 Å². The largest absolute Gasteiger partial charge is 0.492 e. The zero-order valence-corrected chi connectivity index (χ0v) is 13.7. The van der Waals surface area contributed by atoms with Gasteiger partial charge >= 0.3 is 5.97 Å².